The Morgan fingerprint density at radius 1 is 1.15 bits per heavy atom. The lowest BCUT2D eigenvalue weighted by Gasteiger charge is -2.44. The van der Waals surface area contributed by atoms with Crippen molar-refractivity contribution in [1.29, 1.82) is 0 Å². The summed E-state index contributed by atoms with van der Waals surface area (Å²) in [6.07, 6.45) is 0.266. The number of pyridine rings is 1. The number of benzene rings is 1. The topological polar surface area (TPSA) is 132 Å². The number of oxime groups is 1. The highest BCUT2D eigenvalue weighted by Gasteiger charge is 2.40. The minimum atomic E-state index is -1.17. The molecule has 0 aliphatic heterocycles. The molecule has 0 radical (unpaired) electrons. The number of amidine groups is 1. The van der Waals surface area contributed by atoms with Gasteiger partial charge in [-0.05, 0) is 72.2 Å². The zero-order valence-corrected chi connectivity index (χ0v) is 23.0. The second-order valence-corrected chi connectivity index (χ2v) is 10.8. The minimum Gasteiger partial charge on any atom is -0.485 e. The molecule has 0 fully saturated rings. The van der Waals surface area contributed by atoms with Gasteiger partial charge >= 0.3 is 12.1 Å². The molecule has 0 aliphatic rings. The molecule has 0 spiro atoms. The van der Waals surface area contributed by atoms with Gasteiger partial charge in [-0.2, -0.15) is 0 Å². The van der Waals surface area contributed by atoms with Crippen molar-refractivity contribution < 1.29 is 33.1 Å². The Morgan fingerprint density at radius 3 is 2.33 bits per heavy atom. The number of carbonyl (C=O) groups excluding carboxylic acids is 1. The van der Waals surface area contributed by atoms with Crippen LogP contribution in [0.1, 0.15) is 63.6 Å². The number of hydrogen-bond donors (Lipinski definition) is 2. The molecule has 3 rings (SSSR count). The number of hydrogen-bond acceptors (Lipinski definition) is 6. The van der Waals surface area contributed by atoms with Gasteiger partial charge in [0, 0.05) is 11.7 Å². The first-order valence-corrected chi connectivity index (χ1v) is 12.1. The summed E-state index contributed by atoms with van der Waals surface area (Å²) in [6.45, 7) is 11.5. The Labute approximate surface area is 225 Å². The Hall–Kier alpha value is -4.22. The zero-order valence-electron chi connectivity index (χ0n) is 23.0. The standard InChI is InChI=1S/C27H33F2N5O5/c1-15-11-20(38-14-17-18(28)9-8-10-19(17)29)24-31-16(2)22(33(24)13-15)23(30)32-39-21(35)12-27(6,7)34(25(36)37)26(3,4)5/h8-11,13H,12,14H2,1-7H3,(H2,30,32)(H,36,37). The first-order chi connectivity index (χ1) is 18.0. The minimum absolute atomic E-state index is 0.159. The number of carboxylic acid groups (broad SMARTS) is 1. The normalized spacial score (nSPS) is 12.5. The van der Waals surface area contributed by atoms with Crippen molar-refractivity contribution in [3.8, 4) is 5.75 Å². The lowest BCUT2D eigenvalue weighted by molar-refractivity contribution is -0.146. The molecule has 210 valence electrons. The molecule has 3 N–H and O–H groups in total. The molecule has 0 aliphatic carbocycles. The van der Waals surface area contributed by atoms with Crippen molar-refractivity contribution in [1.82, 2.24) is 14.3 Å². The van der Waals surface area contributed by atoms with Crippen LogP contribution in [0.25, 0.3) is 5.65 Å². The van der Waals surface area contributed by atoms with Crippen molar-refractivity contribution in [3.63, 3.8) is 0 Å². The van der Waals surface area contributed by atoms with Gasteiger partial charge in [0.15, 0.2) is 17.2 Å². The molecule has 0 unspecified atom stereocenters. The molecule has 10 nitrogen and oxygen atoms in total. The zero-order chi connectivity index (χ0) is 29.3. The van der Waals surface area contributed by atoms with Gasteiger partial charge in [0.05, 0.1) is 23.2 Å². The highest BCUT2D eigenvalue weighted by atomic mass is 19.1. The molecule has 0 bridgehead atoms. The van der Waals surface area contributed by atoms with Gasteiger partial charge in [-0.1, -0.05) is 11.2 Å². The Kier molecular flexibility index (Phi) is 8.18. The number of halogens is 2. The fraction of sp³-hybridized carbons (Fsp3) is 0.407. The molecular weight excluding hydrogens is 512 g/mol. The van der Waals surface area contributed by atoms with E-state index in [2.05, 4.69) is 10.1 Å². The van der Waals surface area contributed by atoms with Crippen molar-refractivity contribution in [3.05, 3.63) is 64.6 Å². The van der Waals surface area contributed by atoms with Gasteiger partial charge < -0.3 is 20.4 Å². The molecule has 0 saturated carbocycles. The molecular formula is C27H33F2N5O5. The molecule has 39 heavy (non-hydrogen) atoms. The van der Waals surface area contributed by atoms with E-state index in [1.165, 1.54) is 11.0 Å². The first-order valence-electron chi connectivity index (χ1n) is 12.1. The van der Waals surface area contributed by atoms with Gasteiger partial charge in [0.2, 0.25) is 0 Å². The van der Waals surface area contributed by atoms with E-state index in [-0.39, 0.29) is 30.2 Å². The third kappa shape index (κ3) is 6.44. The molecule has 1 aromatic carbocycles. The van der Waals surface area contributed by atoms with Crippen LogP contribution in [-0.4, -0.2) is 48.4 Å². The third-order valence-electron chi connectivity index (χ3n) is 5.96. The van der Waals surface area contributed by atoms with Gasteiger partial charge in [-0.3, -0.25) is 9.30 Å². The van der Waals surface area contributed by atoms with Gasteiger partial charge in [0.25, 0.3) is 0 Å². The Morgan fingerprint density at radius 2 is 1.77 bits per heavy atom. The fourth-order valence-corrected chi connectivity index (χ4v) is 4.65. The average molecular weight is 546 g/mol. The number of carbonyl (C=O) groups is 2. The highest BCUT2D eigenvalue weighted by molar-refractivity contribution is 5.98. The number of fused-ring (bicyclic) bond motifs is 1. The van der Waals surface area contributed by atoms with Gasteiger partial charge in [-0.25, -0.2) is 23.4 Å². The number of aryl methyl sites for hydroxylation is 2. The van der Waals surface area contributed by atoms with Crippen LogP contribution in [0.2, 0.25) is 0 Å². The molecule has 0 saturated heterocycles. The van der Waals surface area contributed by atoms with E-state index < -0.39 is 34.8 Å². The number of rotatable bonds is 8. The van der Waals surface area contributed by atoms with E-state index in [1.54, 1.807) is 65.1 Å². The number of amides is 1. The van der Waals surface area contributed by atoms with Crippen LogP contribution < -0.4 is 10.5 Å². The largest absolute Gasteiger partial charge is 0.485 e. The van der Waals surface area contributed by atoms with E-state index in [0.717, 1.165) is 17.7 Å². The second kappa shape index (κ2) is 10.9. The maximum atomic E-state index is 14.1. The smallest absolute Gasteiger partial charge is 0.408 e. The van der Waals surface area contributed by atoms with Crippen molar-refractivity contribution in [2.75, 3.05) is 0 Å². The summed E-state index contributed by atoms with van der Waals surface area (Å²) in [5.74, 6) is -2.14. The van der Waals surface area contributed by atoms with Crippen molar-refractivity contribution in [2.45, 2.75) is 72.6 Å². The molecule has 2 aromatic heterocycles. The van der Waals surface area contributed by atoms with Crippen LogP contribution in [0.3, 0.4) is 0 Å². The van der Waals surface area contributed by atoms with Crippen LogP contribution in [0.5, 0.6) is 5.75 Å². The average Bonchev–Trinajstić information content (AvgIpc) is 3.10. The van der Waals surface area contributed by atoms with E-state index in [4.69, 9.17) is 15.3 Å². The maximum absolute atomic E-state index is 14.1. The van der Waals surface area contributed by atoms with Crippen molar-refractivity contribution >= 4 is 23.5 Å². The number of aromatic nitrogens is 2. The van der Waals surface area contributed by atoms with Crippen LogP contribution >= 0.6 is 0 Å². The summed E-state index contributed by atoms with van der Waals surface area (Å²) in [6, 6.07) is 5.23. The Balaban J connectivity index is 1.86. The number of nitrogens with two attached hydrogens (primary N) is 1. The number of ether oxygens (including phenoxy) is 1. The van der Waals surface area contributed by atoms with Crippen LogP contribution in [-0.2, 0) is 16.2 Å². The lowest BCUT2D eigenvalue weighted by atomic mass is 9.92. The summed E-state index contributed by atoms with van der Waals surface area (Å²) >= 11 is 0. The van der Waals surface area contributed by atoms with E-state index in [1.807, 2.05) is 0 Å². The van der Waals surface area contributed by atoms with Crippen LogP contribution in [0, 0.1) is 25.5 Å². The summed E-state index contributed by atoms with van der Waals surface area (Å²) in [7, 11) is 0. The van der Waals surface area contributed by atoms with Gasteiger partial charge in [-0.15, -0.1) is 0 Å². The molecule has 3 aromatic rings. The molecule has 12 heteroatoms. The first kappa shape index (κ1) is 29.3. The predicted molar refractivity (Wildman–Crippen MR) is 140 cm³/mol. The summed E-state index contributed by atoms with van der Waals surface area (Å²) in [5, 5.41) is 13.5. The lowest BCUT2D eigenvalue weighted by Crippen LogP contribution is -2.57. The molecule has 1 amide bonds. The SMILES string of the molecule is Cc1cc(OCc2c(F)cccc2F)c2nc(C)c(/C(N)=N/OC(=O)CC(C)(C)N(C(=O)O)C(C)(C)C)n2c1. The van der Waals surface area contributed by atoms with E-state index in [9.17, 15) is 23.5 Å². The fourth-order valence-electron chi connectivity index (χ4n) is 4.65. The monoisotopic (exact) mass is 545 g/mol. The van der Waals surface area contributed by atoms with E-state index in [0.29, 0.717) is 17.0 Å². The number of nitrogens with zero attached hydrogens (tertiary/aromatic N) is 4. The molecule has 2 heterocycles. The van der Waals surface area contributed by atoms with Crippen molar-refractivity contribution in [2.24, 2.45) is 10.9 Å². The maximum Gasteiger partial charge on any atom is 0.408 e. The third-order valence-corrected chi connectivity index (χ3v) is 5.96. The summed E-state index contributed by atoms with van der Waals surface area (Å²) < 4.78 is 35.5. The van der Waals surface area contributed by atoms with Crippen LogP contribution in [0.4, 0.5) is 13.6 Å². The highest BCUT2D eigenvalue weighted by Crippen LogP contribution is 2.29. The summed E-state index contributed by atoms with van der Waals surface area (Å²) in [4.78, 5) is 35.2. The quantitative estimate of drug-likeness (QED) is 0.178. The molecule has 0 atom stereocenters. The van der Waals surface area contributed by atoms with Crippen LogP contribution in [0.15, 0.2) is 35.6 Å². The predicted octanol–water partition coefficient (Wildman–Crippen LogP) is 4.92. The second-order valence-electron chi connectivity index (χ2n) is 10.8. The van der Waals surface area contributed by atoms with Gasteiger partial charge in [0.1, 0.15) is 23.9 Å². The van der Waals surface area contributed by atoms with E-state index >= 15 is 0 Å². The number of imidazole rings is 1. The summed E-state index contributed by atoms with van der Waals surface area (Å²) in [5.41, 5.74) is 5.90. The Bertz CT molecular complexity index is 1420.